The second-order valence-corrected chi connectivity index (χ2v) is 7.78. The van der Waals surface area contributed by atoms with Gasteiger partial charge in [0.25, 0.3) is 5.56 Å². The SMILES string of the molecule is Cc1ccccc1Cn1ccc(=O)n(CC(=O)N2CCN(c3ccccc3)CC2)c1=O. The van der Waals surface area contributed by atoms with Crippen molar-refractivity contribution in [3.63, 3.8) is 0 Å². The second kappa shape index (κ2) is 9.04. The summed E-state index contributed by atoms with van der Waals surface area (Å²) >= 11 is 0. The zero-order valence-electron chi connectivity index (χ0n) is 17.6. The Labute approximate surface area is 180 Å². The van der Waals surface area contributed by atoms with Crippen LogP contribution in [0.1, 0.15) is 11.1 Å². The van der Waals surface area contributed by atoms with E-state index in [1.165, 1.54) is 16.8 Å². The monoisotopic (exact) mass is 418 g/mol. The maximum Gasteiger partial charge on any atom is 0.331 e. The van der Waals surface area contributed by atoms with Crippen LogP contribution in [-0.2, 0) is 17.9 Å². The van der Waals surface area contributed by atoms with E-state index in [9.17, 15) is 14.4 Å². The Morgan fingerprint density at radius 3 is 2.26 bits per heavy atom. The minimum absolute atomic E-state index is 0.208. The lowest BCUT2D eigenvalue weighted by Crippen LogP contribution is -2.51. The first-order chi connectivity index (χ1) is 15.0. The average Bonchev–Trinajstić information content (AvgIpc) is 2.80. The minimum Gasteiger partial charge on any atom is -0.368 e. The van der Waals surface area contributed by atoms with Crippen LogP contribution >= 0.6 is 0 Å². The Hall–Kier alpha value is -3.61. The summed E-state index contributed by atoms with van der Waals surface area (Å²) in [6.45, 7) is 4.66. The number of piperazine rings is 1. The van der Waals surface area contributed by atoms with Gasteiger partial charge in [0.2, 0.25) is 5.91 Å². The largest absolute Gasteiger partial charge is 0.368 e. The van der Waals surface area contributed by atoms with E-state index in [1.54, 1.807) is 4.90 Å². The maximum absolute atomic E-state index is 12.9. The molecule has 2 heterocycles. The van der Waals surface area contributed by atoms with E-state index in [2.05, 4.69) is 17.0 Å². The Morgan fingerprint density at radius 1 is 0.871 bits per heavy atom. The van der Waals surface area contributed by atoms with Gasteiger partial charge in [-0.25, -0.2) is 4.79 Å². The first-order valence-electron chi connectivity index (χ1n) is 10.5. The number of anilines is 1. The molecule has 31 heavy (non-hydrogen) atoms. The van der Waals surface area contributed by atoms with Crippen molar-refractivity contribution in [2.45, 2.75) is 20.0 Å². The molecule has 0 unspecified atom stereocenters. The first-order valence-corrected chi connectivity index (χ1v) is 10.5. The lowest BCUT2D eigenvalue weighted by molar-refractivity contribution is -0.132. The fraction of sp³-hybridized carbons (Fsp3) is 0.292. The molecule has 4 rings (SSSR count). The smallest absolute Gasteiger partial charge is 0.331 e. The molecule has 160 valence electrons. The summed E-state index contributed by atoms with van der Waals surface area (Å²) in [4.78, 5) is 42.0. The van der Waals surface area contributed by atoms with Gasteiger partial charge in [0, 0.05) is 44.1 Å². The molecule has 0 N–H and O–H groups in total. The molecule has 1 aromatic heterocycles. The van der Waals surface area contributed by atoms with Crippen LogP contribution in [0.3, 0.4) is 0 Å². The van der Waals surface area contributed by atoms with E-state index in [1.807, 2.05) is 49.4 Å². The first kappa shape index (κ1) is 20.7. The molecular weight excluding hydrogens is 392 g/mol. The van der Waals surface area contributed by atoms with Crippen LogP contribution in [-0.4, -0.2) is 46.1 Å². The molecule has 0 radical (unpaired) electrons. The summed E-state index contributed by atoms with van der Waals surface area (Å²) in [5.74, 6) is -0.208. The minimum atomic E-state index is -0.466. The van der Waals surface area contributed by atoms with Crippen molar-refractivity contribution in [1.29, 1.82) is 0 Å². The molecule has 7 heteroatoms. The fourth-order valence-electron chi connectivity index (χ4n) is 3.88. The molecule has 0 aliphatic carbocycles. The highest BCUT2D eigenvalue weighted by Crippen LogP contribution is 2.15. The number of hydrogen-bond donors (Lipinski definition) is 0. The molecule has 1 amide bonds. The number of aryl methyl sites for hydroxylation is 1. The lowest BCUT2D eigenvalue weighted by atomic mass is 10.1. The van der Waals surface area contributed by atoms with E-state index in [4.69, 9.17) is 0 Å². The van der Waals surface area contributed by atoms with Crippen molar-refractivity contribution >= 4 is 11.6 Å². The van der Waals surface area contributed by atoms with Gasteiger partial charge in [-0.1, -0.05) is 42.5 Å². The molecule has 3 aromatic rings. The number of aromatic nitrogens is 2. The van der Waals surface area contributed by atoms with Gasteiger partial charge in [-0.2, -0.15) is 0 Å². The van der Waals surface area contributed by atoms with Crippen LogP contribution in [0.25, 0.3) is 0 Å². The lowest BCUT2D eigenvalue weighted by Gasteiger charge is -2.36. The summed E-state index contributed by atoms with van der Waals surface area (Å²) in [5, 5.41) is 0. The van der Waals surface area contributed by atoms with Gasteiger partial charge < -0.3 is 9.80 Å². The Kier molecular flexibility index (Phi) is 6.02. The molecule has 0 bridgehead atoms. The van der Waals surface area contributed by atoms with Gasteiger partial charge >= 0.3 is 5.69 Å². The van der Waals surface area contributed by atoms with Crippen LogP contribution < -0.4 is 16.1 Å². The van der Waals surface area contributed by atoms with Crippen LogP contribution in [0, 0.1) is 6.92 Å². The molecule has 2 aromatic carbocycles. The van der Waals surface area contributed by atoms with Gasteiger partial charge in [0.05, 0.1) is 6.54 Å². The Bertz CT molecular complexity index is 1180. The normalized spacial score (nSPS) is 14.0. The average molecular weight is 418 g/mol. The van der Waals surface area contributed by atoms with Crippen molar-refractivity contribution in [2.75, 3.05) is 31.1 Å². The Morgan fingerprint density at radius 2 is 1.55 bits per heavy atom. The summed E-state index contributed by atoms with van der Waals surface area (Å²) in [5.41, 5.74) is 2.28. The number of carbonyl (C=O) groups excluding carboxylic acids is 1. The van der Waals surface area contributed by atoms with E-state index in [0.29, 0.717) is 19.6 Å². The molecule has 1 aliphatic rings. The highest BCUT2D eigenvalue weighted by molar-refractivity contribution is 5.76. The van der Waals surface area contributed by atoms with E-state index < -0.39 is 11.2 Å². The number of para-hydroxylation sites is 1. The molecule has 0 atom stereocenters. The molecule has 0 saturated carbocycles. The van der Waals surface area contributed by atoms with Gasteiger partial charge in [0.1, 0.15) is 6.54 Å². The zero-order chi connectivity index (χ0) is 21.8. The Balaban J connectivity index is 1.45. The van der Waals surface area contributed by atoms with Crippen LogP contribution in [0.2, 0.25) is 0 Å². The van der Waals surface area contributed by atoms with Crippen LogP contribution in [0.5, 0.6) is 0 Å². The summed E-state index contributed by atoms with van der Waals surface area (Å²) in [7, 11) is 0. The van der Waals surface area contributed by atoms with E-state index in [-0.39, 0.29) is 12.5 Å². The third kappa shape index (κ3) is 4.60. The summed E-state index contributed by atoms with van der Waals surface area (Å²) in [6, 6.07) is 19.2. The topological polar surface area (TPSA) is 67.6 Å². The number of hydrogen-bond acceptors (Lipinski definition) is 4. The molecule has 1 saturated heterocycles. The standard InChI is InChI=1S/C24H26N4O3/c1-19-7-5-6-8-20(19)17-27-12-11-22(29)28(24(27)31)18-23(30)26-15-13-25(14-16-26)21-9-3-2-4-10-21/h2-12H,13-18H2,1H3. The highest BCUT2D eigenvalue weighted by atomic mass is 16.2. The maximum atomic E-state index is 12.9. The predicted octanol–water partition coefficient (Wildman–Crippen LogP) is 1.72. The third-order valence-corrected chi connectivity index (χ3v) is 5.79. The van der Waals surface area contributed by atoms with E-state index in [0.717, 1.165) is 34.5 Å². The predicted molar refractivity (Wildman–Crippen MR) is 120 cm³/mol. The van der Waals surface area contributed by atoms with Gasteiger partial charge in [-0.05, 0) is 30.2 Å². The zero-order valence-corrected chi connectivity index (χ0v) is 17.6. The number of amides is 1. The van der Waals surface area contributed by atoms with Crippen molar-refractivity contribution in [1.82, 2.24) is 14.0 Å². The number of nitrogens with zero attached hydrogens (tertiary/aromatic N) is 4. The molecule has 7 nitrogen and oxygen atoms in total. The third-order valence-electron chi connectivity index (χ3n) is 5.79. The van der Waals surface area contributed by atoms with Crippen molar-refractivity contribution in [3.8, 4) is 0 Å². The highest BCUT2D eigenvalue weighted by Gasteiger charge is 2.22. The van der Waals surface area contributed by atoms with Crippen molar-refractivity contribution in [2.24, 2.45) is 0 Å². The van der Waals surface area contributed by atoms with Crippen molar-refractivity contribution < 1.29 is 4.79 Å². The van der Waals surface area contributed by atoms with Crippen LogP contribution in [0.15, 0.2) is 76.4 Å². The van der Waals surface area contributed by atoms with Gasteiger partial charge in [-0.3, -0.25) is 18.7 Å². The molecule has 1 aliphatic heterocycles. The van der Waals surface area contributed by atoms with E-state index >= 15 is 0 Å². The molecule has 1 fully saturated rings. The van der Waals surface area contributed by atoms with Gasteiger partial charge in [0.15, 0.2) is 0 Å². The second-order valence-electron chi connectivity index (χ2n) is 7.78. The molecular formula is C24H26N4O3. The number of benzene rings is 2. The quantitative estimate of drug-likeness (QED) is 0.633. The number of rotatable bonds is 5. The van der Waals surface area contributed by atoms with Crippen LogP contribution in [0.4, 0.5) is 5.69 Å². The summed E-state index contributed by atoms with van der Waals surface area (Å²) in [6.07, 6.45) is 1.50. The molecule has 0 spiro atoms. The van der Waals surface area contributed by atoms with Crippen molar-refractivity contribution in [3.05, 3.63) is 98.8 Å². The summed E-state index contributed by atoms with van der Waals surface area (Å²) < 4.78 is 2.51. The van der Waals surface area contributed by atoms with Gasteiger partial charge in [-0.15, -0.1) is 0 Å². The number of carbonyl (C=O) groups is 1. The fourth-order valence-corrected chi connectivity index (χ4v) is 3.88.